The second-order valence-corrected chi connectivity index (χ2v) is 7.63. The van der Waals surface area contributed by atoms with E-state index in [0.29, 0.717) is 0 Å². The fraction of sp³-hybridized carbons (Fsp3) is 0.875. The summed E-state index contributed by atoms with van der Waals surface area (Å²) in [6, 6.07) is 0. The van der Waals surface area contributed by atoms with Crippen LogP contribution in [0.4, 0.5) is 0 Å². The van der Waals surface area contributed by atoms with Gasteiger partial charge in [0.25, 0.3) is 0 Å². The topological polar surface area (TPSA) is 74.0 Å². The van der Waals surface area contributed by atoms with Crippen molar-refractivity contribution >= 4 is 35.8 Å². The summed E-state index contributed by atoms with van der Waals surface area (Å²) in [6.45, 7) is 17.4. The Hall–Kier alpha value is -0.570. The lowest BCUT2D eigenvalue weighted by molar-refractivity contribution is -0.129. The monoisotopic (exact) mass is 439 g/mol. The highest BCUT2D eigenvalue weighted by atomic mass is 127. The second kappa shape index (κ2) is 9.05. The smallest absolute Gasteiger partial charge is 0.237 e. The SMILES string of the molecule is CCNC(=NCC(C)(C)C)N1CCN(C(C)(C)C(N)=O)CC1.I. The minimum absolute atomic E-state index is 0. The first-order valence-corrected chi connectivity index (χ1v) is 8.16. The minimum Gasteiger partial charge on any atom is -0.368 e. The number of nitrogens with two attached hydrogens (primary N) is 1. The van der Waals surface area contributed by atoms with Crippen molar-refractivity contribution in [2.24, 2.45) is 16.1 Å². The van der Waals surface area contributed by atoms with E-state index in [0.717, 1.165) is 45.2 Å². The van der Waals surface area contributed by atoms with Gasteiger partial charge in [-0.25, -0.2) is 0 Å². The van der Waals surface area contributed by atoms with E-state index in [1.807, 2.05) is 13.8 Å². The first-order chi connectivity index (χ1) is 10.1. The van der Waals surface area contributed by atoms with Gasteiger partial charge in [-0.3, -0.25) is 14.7 Å². The molecule has 6 nitrogen and oxygen atoms in total. The van der Waals surface area contributed by atoms with Crippen LogP contribution in [0.2, 0.25) is 0 Å². The van der Waals surface area contributed by atoms with Crippen molar-refractivity contribution in [1.29, 1.82) is 0 Å². The Balaban J connectivity index is 0.00000484. The van der Waals surface area contributed by atoms with Gasteiger partial charge in [-0.05, 0) is 26.2 Å². The van der Waals surface area contributed by atoms with E-state index in [1.54, 1.807) is 0 Å². The predicted octanol–water partition coefficient (Wildman–Crippen LogP) is 1.50. The van der Waals surface area contributed by atoms with Crippen LogP contribution in [0.15, 0.2) is 4.99 Å². The number of nitrogens with zero attached hydrogens (tertiary/aromatic N) is 3. The van der Waals surface area contributed by atoms with E-state index in [1.165, 1.54) is 0 Å². The molecule has 1 rings (SSSR count). The minimum atomic E-state index is -0.590. The van der Waals surface area contributed by atoms with Gasteiger partial charge in [-0.1, -0.05) is 20.8 Å². The molecule has 1 aliphatic heterocycles. The molecule has 0 atom stereocenters. The number of carbonyl (C=O) groups excluding carboxylic acids is 1. The highest BCUT2D eigenvalue weighted by Crippen LogP contribution is 2.17. The van der Waals surface area contributed by atoms with E-state index >= 15 is 0 Å². The molecule has 0 aromatic heterocycles. The van der Waals surface area contributed by atoms with Crippen molar-refractivity contribution in [2.45, 2.75) is 47.1 Å². The number of hydrogen-bond donors (Lipinski definition) is 2. The van der Waals surface area contributed by atoms with Crippen LogP contribution < -0.4 is 11.1 Å². The molecule has 0 saturated carbocycles. The molecule has 1 aliphatic rings. The molecule has 3 N–H and O–H groups in total. The first-order valence-electron chi connectivity index (χ1n) is 8.16. The molecule has 0 aromatic rings. The lowest BCUT2D eigenvalue weighted by Crippen LogP contribution is -2.61. The number of nitrogens with one attached hydrogen (secondary N) is 1. The Morgan fingerprint density at radius 1 is 1.13 bits per heavy atom. The fourth-order valence-electron chi connectivity index (χ4n) is 2.37. The molecule has 23 heavy (non-hydrogen) atoms. The van der Waals surface area contributed by atoms with Crippen LogP contribution in [0.3, 0.4) is 0 Å². The van der Waals surface area contributed by atoms with Gasteiger partial charge in [0.2, 0.25) is 5.91 Å². The predicted molar refractivity (Wildman–Crippen MR) is 107 cm³/mol. The normalized spacial score (nSPS) is 17.7. The summed E-state index contributed by atoms with van der Waals surface area (Å²) >= 11 is 0. The zero-order chi connectivity index (χ0) is 17.0. The molecule has 0 aliphatic carbocycles. The maximum absolute atomic E-state index is 11.6. The van der Waals surface area contributed by atoms with Gasteiger partial charge < -0.3 is 16.0 Å². The highest BCUT2D eigenvalue weighted by molar-refractivity contribution is 14.0. The Bertz CT molecular complexity index is 409. The van der Waals surface area contributed by atoms with Gasteiger partial charge >= 0.3 is 0 Å². The zero-order valence-electron chi connectivity index (χ0n) is 15.5. The molecule has 0 aromatic carbocycles. The largest absolute Gasteiger partial charge is 0.368 e. The number of aliphatic imine (C=N–C) groups is 1. The molecule has 1 saturated heterocycles. The maximum atomic E-state index is 11.6. The van der Waals surface area contributed by atoms with Crippen molar-refractivity contribution in [2.75, 3.05) is 39.3 Å². The van der Waals surface area contributed by atoms with Crippen molar-refractivity contribution in [3.05, 3.63) is 0 Å². The lowest BCUT2D eigenvalue weighted by Gasteiger charge is -2.43. The molecule has 1 amide bonds. The summed E-state index contributed by atoms with van der Waals surface area (Å²) in [5.41, 5.74) is 5.10. The number of halogens is 1. The molecule has 1 fully saturated rings. The molecule has 0 spiro atoms. The Kier molecular flexibility index (Phi) is 8.83. The summed E-state index contributed by atoms with van der Waals surface area (Å²) in [5.74, 6) is 0.697. The van der Waals surface area contributed by atoms with E-state index < -0.39 is 5.54 Å². The van der Waals surface area contributed by atoms with E-state index in [2.05, 4.69) is 42.8 Å². The summed E-state index contributed by atoms with van der Waals surface area (Å²) in [7, 11) is 0. The maximum Gasteiger partial charge on any atom is 0.237 e. The molecular weight excluding hydrogens is 405 g/mol. The molecule has 0 unspecified atom stereocenters. The molecule has 1 heterocycles. The standard InChI is InChI=1S/C16H33N5O.HI/c1-7-18-14(19-12-15(2,3)4)20-8-10-21(11-9-20)16(5,6)13(17)22;/h7-12H2,1-6H3,(H2,17,22)(H,18,19);1H. The van der Waals surface area contributed by atoms with E-state index in [9.17, 15) is 4.79 Å². The van der Waals surface area contributed by atoms with Crippen molar-refractivity contribution in [3.63, 3.8) is 0 Å². The molecule has 0 radical (unpaired) electrons. The summed E-state index contributed by atoms with van der Waals surface area (Å²) in [5, 5.41) is 3.37. The Labute approximate surface area is 158 Å². The van der Waals surface area contributed by atoms with Crippen LogP contribution in [0.1, 0.15) is 41.5 Å². The van der Waals surface area contributed by atoms with Crippen LogP contribution in [0.5, 0.6) is 0 Å². The number of amides is 1. The Morgan fingerprint density at radius 3 is 2.04 bits per heavy atom. The number of primary amides is 1. The van der Waals surface area contributed by atoms with Crippen LogP contribution in [-0.4, -0.2) is 66.5 Å². The molecule has 7 heteroatoms. The highest BCUT2D eigenvalue weighted by Gasteiger charge is 2.35. The van der Waals surface area contributed by atoms with Crippen molar-refractivity contribution in [3.8, 4) is 0 Å². The average molecular weight is 439 g/mol. The van der Waals surface area contributed by atoms with Crippen molar-refractivity contribution in [1.82, 2.24) is 15.1 Å². The Morgan fingerprint density at radius 2 is 1.65 bits per heavy atom. The number of guanidine groups is 1. The molecule has 0 bridgehead atoms. The van der Waals surface area contributed by atoms with Gasteiger partial charge in [0.15, 0.2) is 5.96 Å². The van der Waals surface area contributed by atoms with Crippen LogP contribution in [0.25, 0.3) is 0 Å². The third-order valence-corrected chi connectivity index (χ3v) is 4.01. The summed E-state index contributed by atoms with van der Waals surface area (Å²) in [6.07, 6.45) is 0. The summed E-state index contributed by atoms with van der Waals surface area (Å²) in [4.78, 5) is 20.8. The lowest BCUT2D eigenvalue weighted by atomic mass is 9.97. The van der Waals surface area contributed by atoms with Gasteiger partial charge in [0, 0.05) is 39.3 Å². The summed E-state index contributed by atoms with van der Waals surface area (Å²) < 4.78 is 0. The first kappa shape index (κ1) is 22.4. The average Bonchev–Trinajstić information content (AvgIpc) is 2.42. The fourth-order valence-corrected chi connectivity index (χ4v) is 2.37. The van der Waals surface area contributed by atoms with E-state index in [4.69, 9.17) is 10.7 Å². The van der Waals surface area contributed by atoms with E-state index in [-0.39, 0.29) is 35.3 Å². The van der Waals surface area contributed by atoms with Gasteiger partial charge in [0.05, 0.1) is 5.54 Å². The number of carbonyl (C=O) groups is 1. The quantitative estimate of drug-likeness (QED) is 0.396. The van der Waals surface area contributed by atoms with Gasteiger partial charge in [0.1, 0.15) is 0 Å². The van der Waals surface area contributed by atoms with Crippen LogP contribution >= 0.6 is 24.0 Å². The third-order valence-electron chi connectivity index (χ3n) is 4.01. The van der Waals surface area contributed by atoms with Crippen molar-refractivity contribution < 1.29 is 4.79 Å². The number of piperazine rings is 1. The number of hydrogen-bond acceptors (Lipinski definition) is 3. The van der Waals surface area contributed by atoms with Gasteiger partial charge in [-0.15, -0.1) is 24.0 Å². The second-order valence-electron chi connectivity index (χ2n) is 7.63. The third kappa shape index (κ3) is 6.82. The van der Waals surface area contributed by atoms with Gasteiger partial charge in [-0.2, -0.15) is 0 Å². The molecule has 136 valence electrons. The van der Waals surface area contributed by atoms with Crippen LogP contribution in [0, 0.1) is 5.41 Å². The molecular formula is C16H34IN5O. The van der Waals surface area contributed by atoms with Crippen LogP contribution in [-0.2, 0) is 4.79 Å². The number of rotatable bonds is 4. The zero-order valence-corrected chi connectivity index (χ0v) is 17.8.